The second kappa shape index (κ2) is 9.89. The Labute approximate surface area is 232 Å². The number of aryl methyl sites for hydroxylation is 1. The van der Waals surface area contributed by atoms with Gasteiger partial charge in [-0.2, -0.15) is 9.46 Å². The Kier molecular flexibility index (Phi) is 6.90. The summed E-state index contributed by atoms with van der Waals surface area (Å²) in [6.45, 7) is 1.62. The van der Waals surface area contributed by atoms with Crippen molar-refractivity contribution in [2.24, 2.45) is 11.4 Å². The molecule has 1 aliphatic rings. The minimum atomic E-state index is -2.65. The molecule has 0 spiro atoms. The van der Waals surface area contributed by atoms with E-state index in [0.29, 0.717) is 22.5 Å². The van der Waals surface area contributed by atoms with Crippen LogP contribution < -0.4 is 21.2 Å². The molecule has 0 saturated heterocycles. The molecule has 0 radical (unpaired) electrons. The van der Waals surface area contributed by atoms with Crippen LogP contribution in [0.3, 0.4) is 0 Å². The van der Waals surface area contributed by atoms with Gasteiger partial charge in [0.2, 0.25) is 0 Å². The van der Waals surface area contributed by atoms with Crippen LogP contribution in [-0.2, 0) is 17.0 Å². The summed E-state index contributed by atoms with van der Waals surface area (Å²) < 4.78 is 38.0. The van der Waals surface area contributed by atoms with Gasteiger partial charge in [-0.25, -0.2) is 18.0 Å². The van der Waals surface area contributed by atoms with Crippen molar-refractivity contribution in [2.75, 3.05) is 18.6 Å². The van der Waals surface area contributed by atoms with Gasteiger partial charge in [-0.3, -0.25) is 9.59 Å². The van der Waals surface area contributed by atoms with Gasteiger partial charge < -0.3 is 9.88 Å². The smallest absolute Gasteiger partial charge is 0.278 e. The molecule has 1 aliphatic carbocycles. The van der Waals surface area contributed by atoms with E-state index in [1.165, 1.54) is 21.6 Å². The Morgan fingerprint density at radius 2 is 1.89 bits per heavy atom. The molecule has 9 nitrogen and oxygen atoms in total. The van der Waals surface area contributed by atoms with Crippen molar-refractivity contribution < 1.29 is 8.60 Å². The lowest BCUT2D eigenvalue weighted by atomic mass is 10.0. The number of nitrogens with one attached hydrogen (secondary N) is 2. The van der Waals surface area contributed by atoms with Crippen molar-refractivity contribution in [3.63, 3.8) is 0 Å². The highest BCUT2D eigenvalue weighted by Crippen LogP contribution is 2.37. The number of hydrogen-bond acceptors (Lipinski definition) is 6. The van der Waals surface area contributed by atoms with Crippen molar-refractivity contribution >= 4 is 60.5 Å². The quantitative estimate of drug-likeness (QED) is 0.293. The predicted molar refractivity (Wildman–Crippen MR) is 157 cm³/mol. The SMILES string of the molecule is CN[S@@](C)(=O)=Nc1cccc(-c2nn(C3CC3)c(=O)c3c(Nc4ccc(I)cc4F)c(C)c(=O)n(C)c23)c1. The zero-order valence-corrected chi connectivity index (χ0v) is 24.2. The van der Waals surface area contributed by atoms with Gasteiger partial charge in [-0.15, -0.1) is 0 Å². The Balaban J connectivity index is 1.85. The Morgan fingerprint density at radius 3 is 2.55 bits per heavy atom. The summed E-state index contributed by atoms with van der Waals surface area (Å²) in [5.74, 6) is -0.496. The number of anilines is 2. The molecule has 0 unspecified atom stereocenters. The molecule has 0 aliphatic heterocycles. The molecule has 5 rings (SSSR count). The van der Waals surface area contributed by atoms with Gasteiger partial charge in [0, 0.05) is 28.0 Å². The van der Waals surface area contributed by atoms with Crippen molar-refractivity contribution in [1.82, 2.24) is 19.1 Å². The van der Waals surface area contributed by atoms with Gasteiger partial charge in [-0.05, 0) is 79.7 Å². The maximum absolute atomic E-state index is 14.8. The molecule has 2 N–H and O–H groups in total. The van der Waals surface area contributed by atoms with E-state index in [-0.39, 0.29) is 39.5 Å². The minimum Gasteiger partial charge on any atom is -0.352 e. The summed E-state index contributed by atoms with van der Waals surface area (Å²) in [5.41, 5.74) is 1.78. The van der Waals surface area contributed by atoms with Crippen LogP contribution in [0.4, 0.5) is 21.5 Å². The standard InChI is InChI=1S/C26H26FIN6O3S/c1-14-22(30-20-11-8-16(28)13-19(20)27)21-24(33(3)25(14)35)23(31-34(26(21)36)18-9-10-18)15-6-5-7-17(12-15)32-38(4,37)29-2/h5-8,11-13,18,30H,9-10H2,1-4H3,(H,29,32,37)/t38-/m1/s1. The molecule has 4 aromatic rings. The maximum Gasteiger partial charge on any atom is 0.278 e. The van der Waals surface area contributed by atoms with Crippen LogP contribution in [0.1, 0.15) is 24.4 Å². The van der Waals surface area contributed by atoms with Crippen molar-refractivity contribution in [3.8, 4) is 11.3 Å². The molecule has 2 aromatic carbocycles. The molecule has 38 heavy (non-hydrogen) atoms. The topological polar surface area (TPSA) is 110 Å². The first-order valence-electron chi connectivity index (χ1n) is 11.9. The summed E-state index contributed by atoms with van der Waals surface area (Å²) in [5, 5.41) is 8.00. The largest absolute Gasteiger partial charge is 0.352 e. The first-order valence-corrected chi connectivity index (χ1v) is 14.9. The Hall–Kier alpha value is -3.10. The van der Waals surface area contributed by atoms with E-state index in [0.717, 1.165) is 16.4 Å². The molecular formula is C26H26FIN6O3S. The number of hydrogen-bond donors (Lipinski definition) is 2. The van der Waals surface area contributed by atoms with Gasteiger partial charge in [0.15, 0.2) is 0 Å². The van der Waals surface area contributed by atoms with Crippen LogP contribution in [0.25, 0.3) is 22.2 Å². The molecule has 1 fully saturated rings. The van der Waals surface area contributed by atoms with E-state index in [4.69, 9.17) is 5.10 Å². The second-order valence-electron chi connectivity index (χ2n) is 9.31. The number of nitrogens with zero attached hydrogens (tertiary/aromatic N) is 4. The number of fused-ring (bicyclic) bond motifs is 1. The highest BCUT2D eigenvalue weighted by Gasteiger charge is 2.30. The zero-order valence-electron chi connectivity index (χ0n) is 21.2. The van der Waals surface area contributed by atoms with Gasteiger partial charge in [0.1, 0.15) is 21.4 Å². The summed E-state index contributed by atoms with van der Waals surface area (Å²) in [7, 11) is 0.506. The lowest BCUT2D eigenvalue weighted by Gasteiger charge is -2.19. The third-order valence-corrected chi connectivity index (χ3v) is 8.53. The van der Waals surface area contributed by atoms with E-state index >= 15 is 0 Å². The van der Waals surface area contributed by atoms with Crippen molar-refractivity contribution in [1.29, 1.82) is 0 Å². The number of pyridine rings is 1. The molecular weight excluding hydrogens is 622 g/mol. The van der Waals surface area contributed by atoms with Gasteiger partial charge in [-0.1, -0.05) is 12.1 Å². The number of halogens is 2. The summed E-state index contributed by atoms with van der Waals surface area (Å²) in [4.78, 5) is 27.2. The highest BCUT2D eigenvalue weighted by molar-refractivity contribution is 14.1. The van der Waals surface area contributed by atoms with E-state index in [2.05, 4.69) is 14.4 Å². The summed E-state index contributed by atoms with van der Waals surface area (Å²) >= 11 is 2.02. The Morgan fingerprint density at radius 1 is 1.16 bits per heavy atom. The fourth-order valence-corrected chi connectivity index (χ4v) is 5.39. The number of aromatic nitrogens is 3. The molecule has 198 valence electrons. The van der Waals surface area contributed by atoms with E-state index in [1.807, 2.05) is 22.6 Å². The van der Waals surface area contributed by atoms with E-state index in [9.17, 15) is 18.2 Å². The van der Waals surface area contributed by atoms with Crippen molar-refractivity contribution in [2.45, 2.75) is 25.8 Å². The Bertz CT molecular complexity index is 1860. The van der Waals surface area contributed by atoms with Crippen LogP contribution in [0.5, 0.6) is 0 Å². The molecule has 1 atom stereocenters. The van der Waals surface area contributed by atoms with E-state index < -0.39 is 15.7 Å². The first kappa shape index (κ1) is 26.5. The summed E-state index contributed by atoms with van der Waals surface area (Å²) in [6, 6.07) is 11.6. The van der Waals surface area contributed by atoms with Crippen LogP contribution in [0.2, 0.25) is 0 Å². The first-order chi connectivity index (χ1) is 18.0. The van der Waals surface area contributed by atoms with E-state index in [1.54, 1.807) is 57.4 Å². The lowest BCUT2D eigenvalue weighted by Crippen LogP contribution is -2.29. The highest BCUT2D eigenvalue weighted by atomic mass is 127. The predicted octanol–water partition coefficient (Wildman–Crippen LogP) is 4.76. The average Bonchev–Trinajstić information content (AvgIpc) is 3.72. The van der Waals surface area contributed by atoms with Crippen LogP contribution in [0.15, 0.2) is 56.4 Å². The van der Waals surface area contributed by atoms with Gasteiger partial charge in [0.05, 0.1) is 34.0 Å². The van der Waals surface area contributed by atoms with Crippen LogP contribution in [-0.4, -0.2) is 31.9 Å². The maximum atomic E-state index is 14.8. The van der Waals surface area contributed by atoms with Gasteiger partial charge >= 0.3 is 0 Å². The minimum absolute atomic E-state index is 0.0578. The van der Waals surface area contributed by atoms with Gasteiger partial charge in [0.25, 0.3) is 11.1 Å². The molecule has 0 amide bonds. The fraction of sp³-hybridized carbons (Fsp3) is 0.269. The normalized spacial score (nSPS) is 14.9. The average molecular weight is 649 g/mol. The molecule has 1 saturated carbocycles. The monoisotopic (exact) mass is 648 g/mol. The number of rotatable bonds is 6. The fourth-order valence-electron chi connectivity index (χ4n) is 4.33. The molecule has 2 heterocycles. The summed E-state index contributed by atoms with van der Waals surface area (Å²) in [6.07, 6.45) is 3.12. The van der Waals surface area contributed by atoms with Crippen LogP contribution >= 0.6 is 22.6 Å². The zero-order chi connectivity index (χ0) is 27.4. The van der Waals surface area contributed by atoms with Crippen LogP contribution in [0, 0.1) is 16.3 Å². The number of benzene rings is 2. The molecule has 2 aromatic heterocycles. The molecule has 0 bridgehead atoms. The van der Waals surface area contributed by atoms with Crippen molar-refractivity contribution in [3.05, 3.63) is 78.1 Å². The molecule has 12 heteroatoms. The second-order valence-corrected chi connectivity index (χ2v) is 12.8. The third-order valence-electron chi connectivity index (χ3n) is 6.54. The lowest BCUT2D eigenvalue weighted by molar-refractivity contribution is 0.607. The third kappa shape index (κ3) is 4.87.